The Balaban J connectivity index is 4.40. The molecular formula is C61H110O6. The van der Waals surface area contributed by atoms with E-state index >= 15 is 0 Å². The van der Waals surface area contributed by atoms with Gasteiger partial charge in [-0.25, -0.2) is 0 Å². The first-order valence-corrected chi connectivity index (χ1v) is 29.1. The Labute approximate surface area is 416 Å². The van der Waals surface area contributed by atoms with Gasteiger partial charge in [0.25, 0.3) is 0 Å². The number of hydrogen-bond acceptors (Lipinski definition) is 6. The van der Waals surface area contributed by atoms with Crippen LogP contribution in [0.25, 0.3) is 0 Å². The minimum atomic E-state index is -0.786. The van der Waals surface area contributed by atoms with Crippen LogP contribution in [0.4, 0.5) is 0 Å². The highest BCUT2D eigenvalue weighted by molar-refractivity contribution is 5.71. The molecule has 0 radical (unpaired) electrons. The third-order valence-corrected chi connectivity index (χ3v) is 12.8. The van der Waals surface area contributed by atoms with Crippen LogP contribution in [0.1, 0.15) is 303 Å². The van der Waals surface area contributed by atoms with Crippen molar-refractivity contribution in [2.24, 2.45) is 0 Å². The molecule has 0 rings (SSSR count). The molecule has 6 heteroatoms. The van der Waals surface area contributed by atoms with E-state index in [0.717, 1.165) is 89.9 Å². The predicted molar refractivity (Wildman–Crippen MR) is 289 cm³/mol. The summed E-state index contributed by atoms with van der Waals surface area (Å²) in [5.41, 5.74) is 0. The van der Waals surface area contributed by atoms with Gasteiger partial charge < -0.3 is 14.2 Å². The molecule has 0 bridgehead atoms. The summed E-state index contributed by atoms with van der Waals surface area (Å²) in [6.07, 6.45) is 68.1. The van der Waals surface area contributed by atoms with Crippen LogP contribution in [0, 0.1) is 0 Å². The molecule has 0 aliphatic heterocycles. The van der Waals surface area contributed by atoms with Gasteiger partial charge in [0.15, 0.2) is 6.10 Å². The van der Waals surface area contributed by atoms with Gasteiger partial charge in [0.2, 0.25) is 0 Å². The van der Waals surface area contributed by atoms with E-state index in [1.54, 1.807) is 0 Å². The van der Waals surface area contributed by atoms with Crippen LogP contribution in [0.2, 0.25) is 0 Å². The van der Waals surface area contributed by atoms with E-state index in [2.05, 4.69) is 69.4 Å². The summed E-state index contributed by atoms with van der Waals surface area (Å²) in [7, 11) is 0. The van der Waals surface area contributed by atoms with Gasteiger partial charge >= 0.3 is 17.9 Å². The van der Waals surface area contributed by atoms with Crippen molar-refractivity contribution >= 4 is 17.9 Å². The molecule has 0 aliphatic rings. The van der Waals surface area contributed by atoms with Crippen LogP contribution in [0.3, 0.4) is 0 Å². The highest BCUT2D eigenvalue weighted by Crippen LogP contribution is 2.16. The first kappa shape index (κ1) is 64.4. The Bertz CT molecular complexity index is 1170. The van der Waals surface area contributed by atoms with Crippen molar-refractivity contribution in [3.8, 4) is 0 Å². The fourth-order valence-electron chi connectivity index (χ4n) is 8.39. The Morgan fingerprint density at radius 3 is 0.881 bits per heavy atom. The Morgan fingerprint density at radius 1 is 0.299 bits per heavy atom. The van der Waals surface area contributed by atoms with Gasteiger partial charge in [-0.2, -0.15) is 0 Å². The summed E-state index contributed by atoms with van der Waals surface area (Å²) in [6, 6.07) is 0. The fourth-order valence-corrected chi connectivity index (χ4v) is 8.39. The van der Waals surface area contributed by atoms with Crippen LogP contribution >= 0.6 is 0 Å². The highest BCUT2D eigenvalue weighted by atomic mass is 16.6. The lowest BCUT2D eigenvalue weighted by atomic mass is 10.0. The summed E-state index contributed by atoms with van der Waals surface area (Å²) >= 11 is 0. The fraction of sp³-hybridized carbons (Fsp3) is 0.820. The summed E-state index contributed by atoms with van der Waals surface area (Å²) in [5, 5.41) is 0. The maximum Gasteiger partial charge on any atom is 0.306 e. The largest absolute Gasteiger partial charge is 0.462 e. The molecule has 0 amide bonds. The first-order chi connectivity index (χ1) is 33.0. The van der Waals surface area contributed by atoms with Crippen LogP contribution in [-0.2, 0) is 28.6 Å². The van der Waals surface area contributed by atoms with E-state index in [-0.39, 0.29) is 31.1 Å². The van der Waals surface area contributed by atoms with E-state index in [4.69, 9.17) is 14.2 Å². The second-order valence-corrected chi connectivity index (χ2v) is 19.6. The molecule has 0 unspecified atom stereocenters. The average molecular weight is 940 g/mol. The predicted octanol–water partition coefficient (Wildman–Crippen LogP) is 19.4. The third kappa shape index (κ3) is 54.2. The van der Waals surface area contributed by atoms with E-state index in [9.17, 15) is 14.4 Å². The Morgan fingerprint density at radius 2 is 0.537 bits per heavy atom. The molecule has 390 valence electrons. The standard InChI is InChI=1S/C61H110O6/c1-4-7-10-13-16-19-22-25-28-30-33-36-39-42-45-48-51-54-60(63)66-57-58(56-65-59(62)53-50-47-44-41-38-35-32-27-24-21-18-15-12-9-6-3)67-61(64)55-52-49-46-43-40-37-34-31-29-26-23-20-17-14-11-8-5-2/h17,20,26-27,29,32,34,37,58H,4-16,18-19,21-25,28,30-31,33,35-36,38-57H2,1-3H3/b20-17-,29-26-,32-27-,37-34-/t58-/m1/s1. The first-order valence-electron chi connectivity index (χ1n) is 29.1. The minimum Gasteiger partial charge on any atom is -0.462 e. The van der Waals surface area contributed by atoms with Gasteiger partial charge in [-0.05, 0) is 83.5 Å². The van der Waals surface area contributed by atoms with Gasteiger partial charge in [-0.3, -0.25) is 14.4 Å². The zero-order valence-corrected chi connectivity index (χ0v) is 44.7. The summed E-state index contributed by atoms with van der Waals surface area (Å²) < 4.78 is 16.9. The van der Waals surface area contributed by atoms with Crippen molar-refractivity contribution < 1.29 is 28.6 Å². The van der Waals surface area contributed by atoms with E-state index in [1.165, 1.54) is 173 Å². The molecule has 0 fully saturated rings. The molecule has 6 nitrogen and oxygen atoms in total. The van der Waals surface area contributed by atoms with E-state index in [0.29, 0.717) is 19.3 Å². The number of ether oxygens (including phenoxy) is 3. The topological polar surface area (TPSA) is 78.9 Å². The molecule has 0 heterocycles. The number of esters is 3. The number of carbonyl (C=O) groups is 3. The molecule has 0 spiro atoms. The third-order valence-electron chi connectivity index (χ3n) is 12.8. The monoisotopic (exact) mass is 939 g/mol. The Kier molecular flexibility index (Phi) is 53.8. The summed E-state index contributed by atoms with van der Waals surface area (Å²) in [4.78, 5) is 38.2. The van der Waals surface area contributed by atoms with Crippen LogP contribution < -0.4 is 0 Å². The average Bonchev–Trinajstić information content (AvgIpc) is 3.33. The van der Waals surface area contributed by atoms with Crippen molar-refractivity contribution in [3.63, 3.8) is 0 Å². The normalized spacial score (nSPS) is 12.3. The lowest BCUT2D eigenvalue weighted by Crippen LogP contribution is -2.30. The summed E-state index contributed by atoms with van der Waals surface area (Å²) in [6.45, 7) is 6.62. The molecule has 0 aromatic heterocycles. The van der Waals surface area contributed by atoms with Crippen LogP contribution in [0.15, 0.2) is 48.6 Å². The van der Waals surface area contributed by atoms with Crippen molar-refractivity contribution in [3.05, 3.63) is 48.6 Å². The van der Waals surface area contributed by atoms with Crippen LogP contribution in [0.5, 0.6) is 0 Å². The van der Waals surface area contributed by atoms with E-state index < -0.39 is 6.10 Å². The molecule has 67 heavy (non-hydrogen) atoms. The molecule has 0 aromatic carbocycles. The molecule has 1 atom stereocenters. The van der Waals surface area contributed by atoms with Crippen molar-refractivity contribution in [1.29, 1.82) is 0 Å². The van der Waals surface area contributed by atoms with Crippen molar-refractivity contribution in [2.75, 3.05) is 13.2 Å². The molecule has 0 saturated heterocycles. The second kappa shape index (κ2) is 56.0. The molecule has 0 N–H and O–H groups in total. The molecule has 0 saturated carbocycles. The number of carbonyl (C=O) groups excluding carboxylic acids is 3. The molecular weight excluding hydrogens is 829 g/mol. The maximum absolute atomic E-state index is 12.8. The molecule has 0 aliphatic carbocycles. The zero-order chi connectivity index (χ0) is 48.6. The minimum absolute atomic E-state index is 0.0819. The SMILES string of the molecule is CCCCC/C=C\C/C=C\C/C=C\CCCCCCC(=O)O[C@H](COC(=O)CCCCCCC/C=C\CCCCCCCC)COC(=O)CCCCCCCCCCCCCCCCCCC. The number of rotatable bonds is 53. The number of hydrogen-bond donors (Lipinski definition) is 0. The van der Waals surface area contributed by atoms with Gasteiger partial charge in [0, 0.05) is 19.3 Å². The number of unbranched alkanes of at least 4 members (excludes halogenated alkanes) is 34. The second-order valence-electron chi connectivity index (χ2n) is 19.6. The highest BCUT2D eigenvalue weighted by Gasteiger charge is 2.19. The molecule has 0 aromatic rings. The van der Waals surface area contributed by atoms with Crippen molar-refractivity contribution in [2.45, 2.75) is 309 Å². The van der Waals surface area contributed by atoms with Crippen LogP contribution in [-0.4, -0.2) is 37.2 Å². The van der Waals surface area contributed by atoms with Gasteiger partial charge in [-0.1, -0.05) is 249 Å². The van der Waals surface area contributed by atoms with Gasteiger partial charge in [0.05, 0.1) is 0 Å². The smallest absolute Gasteiger partial charge is 0.306 e. The van der Waals surface area contributed by atoms with Crippen molar-refractivity contribution in [1.82, 2.24) is 0 Å². The quantitative estimate of drug-likeness (QED) is 0.0262. The lowest BCUT2D eigenvalue weighted by molar-refractivity contribution is -0.167. The Hall–Kier alpha value is -2.63. The van der Waals surface area contributed by atoms with Gasteiger partial charge in [-0.15, -0.1) is 0 Å². The summed E-state index contributed by atoms with van der Waals surface area (Å²) in [5.74, 6) is -0.897. The zero-order valence-electron chi connectivity index (χ0n) is 44.7. The van der Waals surface area contributed by atoms with E-state index in [1.807, 2.05) is 0 Å². The maximum atomic E-state index is 12.8. The van der Waals surface area contributed by atoms with Gasteiger partial charge in [0.1, 0.15) is 13.2 Å². The number of allylic oxidation sites excluding steroid dienone is 8. The lowest BCUT2D eigenvalue weighted by Gasteiger charge is -2.18.